The lowest BCUT2D eigenvalue weighted by Gasteiger charge is -2.26. The van der Waals surface area contributed by atoms with Gasteiger partial charge in [0.2, 0.25) is 0 Å². The summed E-state index contributed by atoms with van der Waals surface area (Å²) in [4.78, 5) is 19.2. The van der Waals surface area contributed by atoms with Crippen LogP contribution in [0.25, 0.3) is 11.0 Å². The number of carbonyl (C=O) groups is 1. The molecule has 2 atom stereocenters. The number of hydrogen-bond donors (Lipinski definition) is 2. The van der Waals surface area contributed by atoms with Crippen LogP contribution in [0.2, 0.25) is 0 Å². The molecule has 1 saturated carbocycles. The zero-order valence-electron chi connectivity index (χ0n) is 10.4. The van der Waals surface area contributed by atoms with Crippen LogP contribution in [0, 0.1) is 5.92 Å². The van der Waals surface area contributed by atoms with Crippen LogP contribution in [-0.2, 0) is 4.79 Å². The molecule has 1 aromatic heterocycles. The molecule has 0 radical (unpaired) electrons. The molecule has 2 aromatic rings. The van der Waals surface area contributed by atoms with E-state index in [0.29, 0.717) is 0 Å². The van der Waals surface area contributed by atoms with Crippen molar-refractivity contribution in [1.82, 2.24) is 9.97 Å². The summed E-state index contributed by atoms with van der Waals surface area (Å²) in [5.41, 5.74) is 1.85. The zero-order chi connectivity index (χ0) is 13.4. The smallest absolute Gasteiger partial charge is 0.307 e. The van der Waals surface area contributed by atoms with Crippen LogP contribution in [0.1, 0.15) is 37.4 Å². The second-order valence-corrected chi connectivity index (χ2v) is 6.03. The van der Waals surface area contributed by atoms with E-state index in [9.17, 15) is 9.90 Å². The van der Waals surface area contributed by atoms with Crippen molar-refractivity contribution in [2.45, 2.75) is 31.6 Å². The number of hydrogen-bond acceptors (Lipinski definition) is 2. The van der Waals surface area contributed by atoms with Crippen LogP contribution in [0.5, 0.6) is 0 Å². The third kappa shape index (κ3) is 2.39. The van der Waals surface area contributed by atoms with Gasteiger partial charge in [-0.25, -0.2) is 4.98 Å². The number of benzene rings is 1. The van der Waals surface area contributed by atoms with Gasteiger partial charge in [0.25, 0.3) is 0 Å². The van der Waals surface area contributed by atoms with Crippen molar-refractivity contribution < 1.29 is 9.90 Å². The largest absolute Gasteiger partial charge is 0.481 e. The van der Waals surface area contributed by atoms with Gasteiger partial charge in [-0.15, -0.1) is 0 Å². The van der Waals surface area contributed by atoms with Gasteiger partial charge < -0.3 is 10.1 Å². The molecular formula is C14H15BrN2O2. The maximum absolute atomic E-state index is 11.4. The van der Waals surface area contributed by atoms with E-state index in [-0.39, 0.29) is 11.8 Å². The van der Waals surface area contributed by atoms with Crippen LogP contribution in [0.15, 0.2) is 22.7 Å². The van der Waals surface area contributed by atoms with Gasteiger partial charge in [0.15, 0.2) is 0 Å². The summed E-state index contributed by atoms with van der Waals surface area (Å²) in [6.45, 7) is 0. The molecule has 1 fully saturated rings. The highest BCUT2D eigenvalue weighted by molar-refractivity contribution is 9.10. The molecule has 2 N–H and O–H groups in total. The Balaban J connectivity index is 1.99. The minimum atomic E-state index is -0.702. The first-order chi connectivity index (χ1) is 9.15. The summed E-state index contributed by atoms with van der Waals surface area (Å²) in [5, 5.41) is 9.34. The van der Waals surface area contributed by atoms with Crippen molar-refractivity contribution >= 4 is 32.9 Å². The maximum Gasteiger partial charge on any atom is 0.307 e. The predicted molar refractivity (Wildman–Crippen MR) is 76.1 cm³/mol. The summed E-state index contributed by atoms with van der Waals surface area (Å²) in [5.74, 6) is -0.179. The van der Waals surface area contributed by atoms with Crippen LogP contribution in [0.3, 0.4) is 0 Å². The molecule has 0 amide bonds. The topological polar surface area (TPSA) is 66.0 Å². The van der Waals surface area contributed by atoms with Gasteiger partial charge in [0.05, 0.1) is 17.0 Å². The number of fused-ring (bicyclic) bond motifs is 1. The molecule has 4 nitrogen and oxygen atoms in total. The van der Waals surface area contributed by atoms with Crippen molar-refractivity contribution in [2.75, 3.05) is 0 Å². The fourth-order valence-electron chi connectivity index (χ4n) is 2.93. The van der Waals surface area contributed by atoms with Crippen molar-refractivity contribution in [1.29, 1.82) is 0 Å². The van der Waals surface area contributed by atoms with E-state index in [1.54, 1.807) is 0 Å². The minimum absolute atomic E-state index is 0.0115. The molecule has 0 bridgehead atoms. The molecule has 0 saturated heterocycles. The Labute approximate surface area is 119 Å². The van der Waals surface area contributed by atoms with Gasteiger partial charge in [-0.3, -0.25) is 4.79 Å². The van der Waals surface area contributed by atoms with E-state index < -0.39 is 5.97 Å². The molecule has 3 rings (SSSR count). The summed E-state index contributed by atoms with van der Waals surface area (Å²) >= 11 is 3.43. The SMILES string of the molecule is O=C(O)C1CCCCC1c1nc2ccc(Br)cc2[nH]1. The number of carboxylic acid groups (broad SMARTS) is 1. The third-order valence-electron chi connectivity index (χ3n) is 3.90. The number of aromatic amines is 1. The molecular weight excluding hydrogens is 308 g/mol. The Morgan fingerprint density at radius 1 is 1.37 bits per heavy atom. The van der Waals surface area contributed by atoms with Gasteiger partial charge in [-0.1, -0.05) is 28.8 Å². The third-order valence-corrected chi connectivity index (χ3v) is 4.39. The standard InChI is InChI=1S/C14H15BrN2O2/c15-8-5-6-11-12(7-8)17-13(16-11)9-3-1-2-4-10(9)14(18)19/h5-7,9-10H,1-4H2,(H,16,17)(H,18,19). The Bertz CT molecular complexity index is 623. The second kappa shape index (κ2) is 4.96. The Hall–Kier alpha value is -1.36. The van der Waals surface area contributed by atoms with Gasteiger partial charge in [-0.2, -0.15) is 0 Å². The van der Waals surface area contributed by atoms with Gasteiger partial charge in [0.1, 0.15) is 5.82 Å². The molecule has 100 valence electrons. The molecule has 1 aromatic carbocycles. The van der Waals surface area contributed by atoms with E-state index in [1.165, 1.54) is 0 Å². The first-order valence-corrected chi connectivity index (χ1v) is 7.32. The highest BCUT2D eigenvalue weighted by Gasteiger charge is 2.33. The highest BCUT2D eigenvalue weighted by Crippen LogP contribution is 2.37. The van der Waals surface area contributed by atoms with E-state index in [1.807, 2.05) is 18.2 Å². The number of nitrogens with zero attached hydrogens (tertiary/aromatic N) is 1. The Morgan fingerprint density at radius 2 is 2.16 bits per heavy atom. The van der Waals surface area contributed by atoms with Crippen molar-refractivity contribution in [2.24, 2.45) is 5.92 Å². The lowest BCUT2D eigenvalue weighted by molar-refractivity contribution is -0.143. The average Bonchev–Trinajstić information content (AvgIpc) is 2.81. The van der Waals surface area contributed by atoms with Crippen LogP contribution in [-0.4, -0.2) is 21.0 Å². The second-order valence-electron chi connectivity index (χ2n) is 5.12. The number of rotatable bonds is 2. The van der Waals surface area contributed by atoms with Gasteiger partial charge in [-0.05, 0) is 31.0 Å². The summed E-state index contributed by atoms with van der Waals surface area (Å²) in [6, 6.07) is 5.87. The first kappa shape index (κ1) is 12.7. The highest BCUT2D eigenvalue weighted by atomic mass is 79.9. The van der Waals surface area contributed by atoms with Crippen molar-refractivity contribution in [3.63, 3.8) is 0 Å². The maximum atomic E-state index is 11.4. The first-order valence-electron chi connectivity index (χ1n) is 6.53. The Morgan fingerprint density at radius 3 is 2.95 bits per heavy atom. The molecule has 1 heterocycles. The molecule has 0 spiro atoms. The number of aromatic nitrogens is 2. The fraction of sp³-hybridized carbons (Fsp3) is 0.429. The lowest BCUT2D eigenvalue weighted by atomic mass is 9.79. The van der Waals surface area contributed by atoms with Crippen molar-refractivity contribution in [3.8, 4) is 0 Å². The van der Waals surface area contributed by atoms with E-state index in [2.05, 4.69) is 25.9 Å². The van der Waals surface area contributed by atoms with E-state index in [4.69, 9.17) is 0 Å². The number of aliphatic carboxylic acids is 1. The number of imidazole rings is 1. The van der Waals surface area contributed by atoms with E-state index in [0.717, 1.165) is 47.0 Å². The molecule has 0 aliphatic heterocycles. The normalized spacial score (nSPS) is 23.6. The van der Waals surface area contributed by atoms with Gasteiger partial charge >= 0.3 is 5.97 Å². The average molecular weight is 323 g/mol. The quantitative estimate of drug-likeness (QED) is 0.886. The number of nitrogens with one attached hydrogen (secondary N) is 1. The van der Waals surface area contributed by atoms with Crippen LogP contribution < -0.4 is 0 Å². The molecule has 1 aliphatic carbocycles. The lowest BCUT2D eigenvalue weighted by Crippen LogP contribution is -2.26. The molecule has 2 unspecified atom stereocenters. The predicted octanol–water partition coefficient (Wildman–Crippen LogP) is 3.68. The number of halogens is 1. The van der Waals surface area contributed by atoms with Gasteiger partial charge in [0, 0.05) is 10.4 Å². The minimum Gasteiger partial charge on any atom is -0.481 e. The van der Waals surface area contributed by atoms with Crippen LogP contribution >= 0.6 is 15.9 Å². The zero-order valence-corrected chi connectivity index (χ0v) is 12.0. The van der Waals surface area contributed by atoms with Crippen LogP contribution in [0.4, 0.5) is 0 Å². The molecule has 19 heavy (non-hydrogen) atoms. The fourth-order valence-corrected chi connectivity index (χ4v) is 3.29. The number of carboxylic acids is 1. The summed E-state index contributed by atoms with van der Waals surface area (Å²) in [7, 11) is 0. The Kier molecular flexibility index (Phi) is 3.31. The summed E-state index contributed by atoms with van der Waals surface area (Å²) in [6.07, 6.45) is 3.73. The molecule has 1 aliphatic rings. The monoisotopic (exact) mass is 322 g/mol. The van der Waals surface area contributed by atoms with E-state index >= 15 is 0 Å². The van der Waals surface area contributed by atoms with Crippen molar-refractivity contribution in [3.05, 3.63) is 28.5 Å². The summed E-state index contributed by atoms with van der Waals surface area (Å²) < 4.78 is 0.994. The molecule has 5 heteroatoms. The number of H-pyrrole nitrogens is 1.